The van der Waals surface area contributed by atoms with Crippen LogP contribution in [0.3, 0.4) is 0 Å². The molecule has 0 amide bonds. The molecule has 0 atom stereocenters. The van der Waals surface area contributed by atoms with Crippen LogP contribution in [0.4, 0.5) is 0 Å². The van der Waals surface area contributed by atoms with E-state index in [1.165, 1.54) is 25.7 Å². The van der Waals surface area contributed by atoms with Gasteiger partial charge in [-0.1, -0.05) is 19.8 Å². The van der Waals surface area contributed by atoms with E-state index in [2.05, 4.69) is 36.2 Å². The first-order valence-corrected chi connectivity index (χ1v) is 9.53. The molecule has 2 rings (SSSR count). The number of nitrogens with one attached hydrogen (secondary N) is 2. The van der Waals surface area contributed by atoms with Gasteiger partial charge in [0.05, 0.1) is 6.54 Å². The maximum absolute atomic E-state index is 5.54. The smallest absolute Gasteiger partial charge is 0.191 e. The van der Waals surface area contributed by atoms with Crippen molar-refractivity contribution in [2.24, 2.45) is 4.99 Å². The zero-order chi connectivity index (χ0) is 15.0. The van der Waals surface area contributed by atoms with E-state index in [9.17, 15) is 0 Å². The van der Waals surface area contributed by atoms with Crippen LogP contribution in [0.15, 0.2) is 4.99 Å². The van der Waals surface area contributed by atoms with Crippen LogP contribution in [-0.2, 0) is 4.74 Å². The van der Waals surface area contributed by atoms with Crippen molar-refractivity contribution < 1.29 is 4.74 Å². The van der Waals surface area contributed by atoms with Crippen molar-refractivity contribution in [2.75, 3.05) is 32.1 Å². The van der Waals surface area contributed by atoms with Crippen molar-refractivity contribution in [3.8, 4) is 0 Å². The first-order chi connectivity index (χ1) is 10.3. The SMILES string of the molecule is CCNC(=NCC1(SCC)CCOCC1)NC1CCCC1.I. The number of nitrogens with zero attached hydrogens (tertiary/aromatic N) is 1. The van der Waals surface area contributed by atoms with Crippen LogP contribution in [-0.4, -0.2) is 48.8 Å². The predicted molar refractivity (Wildman–Crippen MR) is 108 cm³/mol. The molecule has 1 saturated carbocycles. The Morgan fingerprint density at radius 3 is 2.50 bits per heavy atom. The molecule has 0 aromatic rings. The molecule has 0 bridgehead atoms. The predicted octanol–water partition coefficient (Wildman–Crippen LogP) is 3.40. The lowest BCUT2D eigenvalue weighted by Crippen LogP contribution is -2.44. The fourth-order valence-corrected chi connectivity index (χ4v) is 4.43. The Hall–Kier alpha value is 0.310. The number of halogens is 1. The normalized spacial score (nSPS) is 22.2. The van der Waals surface area contributed by atoms with Crippen molar-refractivity contribution in [2.45, 2.75) is 63.2 Å². The van der Waals surface area contributed by atoms with Crippen LogP contribution in [0, 0.1) is 0 Å². The van der Waals surface area contributed by atoms with Gasteiger partial charge in [-0.2, -0.15) is 11.8 Å². The zero-order valence-corrected chi connectivity index (χ0v) is 17.2. The van der Waals surface area contributed by atoms with E-state index in [1.54, 1.807) is 0 Å². The molecule has 4 nitrogen and oxygen atoms in total. The minimum Gasteiger partial charge on any atom is -0.381 e. The molecule has 6 heteroatoms. The number of rotatable bonds is 6. The maximum atomic E-state index is 5.54. The van der Waals surface area contributed by atoms with Crippen molar-refractivity contribution >= 4 is 41.7 Å². The van der Waals surface area contributed by atoms with Gasteiger partial charge in [0.25, 0.3) is 0 Å². The highest BCUT2D eigenvalue weighted by molar-refractivity contribution is 14.0. The van der Waals surface area contributed by atoms with E-state index < -0.39 is 0 Å². The van der Waals surface area contributed by atoms with E-state index in [0.29, 0.717) is 6.04 Å². The monoisotopic (exact) mass is 441 g/mol. The third-order valence-corrected chi connectivity index (χ3v) is 5.86. The third kappa shape index (κ3) is 6.43. The molecule has 0 aromatic heterocycles. The number of hydrogen-bond donors (Lipinski definition) is 2. The van der Waals surface area contributed by atoms with Gasteiger partial charge in [-0.15, -0.1) is 24.0 Å². The van der Waals surface area contributed by atoms with Crippen molar-refractivity contribution in [3.63, 3.8) is 0 Å². The van der Waals surface area contributed by atoms with Gasteiger partial charge in [0.15, 0.2) is 5.96 Å². The fraction of sp³-hybridized carbons (Fsp3) is 0.938. The summed E-state index contributed by atoms with van der Waals surface area (Å²) >= 11 is 2.06. The first-order valence-electron chi connectivity index (χ1n) is 8.54. The minimum atomic E-state index is 0. The molecule has 2 N–H and O–H groups in total. The Morgan fingerprint density at radius 2 is 1.91 bits per heavy atom. The summed E-state index contributed by atoms with van der Waals surface area (Å²) in [5.41, 5.74) is 0. The minimum absolute atomic E-state index is 0. The van der Waals surface area contributed by atoms with E-state index in [1.807, 2.05) is 0 Å². The topological polar surface area (TPSA) is 45.7 Å². The Morgan fingerprint density at radius 1 is 1.23 bits per heavy atom. The Balaban J connectivity index is 0.00000242. The van der Waals surface area contributed by atoms with Crippen molar-refractivity contribution in [1.29, 1.82) is 0 Å². The number of ether oxygens (including phenoxy) is 1. The molecule has 1 heterocycles. The highest BCUT2D eigenvalue weighted by Crippen LogP contribution is 2.35. The first kappa shape index (κ1) is 20.4. The summed E-state index contributed by atoms with van der Waals surface area (Å²) in [6.07, 6.45) is 7.52. The summed E-state index contributed by atoms with van der Waals surface area (Å²) < 4.78 is 5.82. The second kappa shape index (κ2) is 11.0. The lowest BCUT2D eigenvalue weighted by atomic mass is 9.99. The lowest BCUT2D eigenvalue weighted by molar-refractivity contribution is 0.0793. The van der Waals surface area contributed by atoms with Gasteiger partial charge in [-0.3, -0.25) is 4.99 Å². The largest absolute Gasteiger partial charge is 0.381 e. The van der Waals surface area contributed by atoms with E-state index in [4.69, 9.17) is 9.73 Å². The number of guanidine groups is 1. The highest BCUT2D eigenvalue weighted by Gasteiger charge is 2.32. The second-order valence-electron chi connectivity index (χ2n) is 6.05. The highest BCUT2D eigenvalue weighted by atomic mass is 127. The number of hydrogen-bond acceptors (Lipinski definition) is 3. The van der Waals surface area contributed by atoms with Crippen LogP contribution < -0.4 is 10.6 Å². The summed E-state index contributed by atoms with van der Waals surface area (Å²) in [5.74, 6) is 2.16. The van der Waals surface area contributed by atoms with Gasteiger partial charge < -0.3 is 15.4 Å². The van der Waals surface area contributed by atoms with Crippen molar-refractivity contribution in [3.05, 3.63) is 0 Å². The summed E-state index contributed by atoms with van der Waals surface area (Å²) in [6, 6.07) is 0.618. The molecule has 1 saturated heterocycles. The molecular formula is C16H32IN3OS. The van der Waals surface area contributed by atoms with Gasteiger partial charge >= 0.3 is 0 Å². The zero-order valence-electron chi connectivity index (χ0n) is 14.0. The van der Waals surface area contributed by atoms with Crippen molar-refractivity contribution in [1.82, 2.24) is 10.6 Å². The lowest BCUT2D eigenvalue weighted by Gasteiger charge is -2.35. The Labute approximate surface area is 157 Å². The molecule has 22 heavy (non-hydrogen) atoms. The molecular weight excluding hydrogens is 409 g/mol. The van der Waals surface area contributed by atoms with Gasteiger partial charge in [0.1, 0.15) is 0 Å². The average Bonchev–Trinajstić information content (AvgIpc) is 2.99. The van der Waals surface area contributed by atoms with Crippen LogP contribution in [0.5, 0.6) is 0 Å². The van der Waals surface area contributed by atoms with Crippen LogP contribution in [0.1, 0.15) is 52.4 Å². The second-order valence-corrected chi connectivity index (χ2v) is 7.78. The molecule has 2 fully saturated rings. The molecule has 0 unspecified atom stereocenters. The van der Waals surface area contributed by atoms with Gasteiger partial charge in [0.2, 0.25) is 0 Å². The Bertz CT molecular complexity index is 324. The molecule has 0 aromatic carbocycles. The van der Waals surface area contributed by atoms with Crippen LogP contribution >= 0.6 is 35.7 Å². The van der Waals surface area contributed by atoms with Gasteiger partial charge in [-0.25, -0.2) is 0 Å². The van der Waals surface area contributed by atoms with Gasteiger partial charge in [-0.05, 0) is 38.4 Å². The summed E-state index contributed by atoms with van der Waals surface area (Å²) in [7, 11) is 0. The molecule has 130 valence electrons. The fourth-order valence-electron chi connectivity index (χ4n) is 3.20. The molecule has 0 spiro atoms. The number of thioether (sulfide) groups is 1. The molecule has 2 aliphatic rings. The van der Waals surface area contributed by atoms with Crippen LogP contribution in [0.2, 0.25) is 0 Å². The Kier molecular flexibility index (Phi) is 10.1. The quantitative estimate of drug-likeness (QED) is 0.377. The average molecular weight is 441 g/mol. The standard InChI is InChI=1S/C16H31N3OS.HI/c1-3-17-15(19-14-7-5-6-8-14)18-13-16(21-4-2)9-11-20-12-10-16;/h14H,3-13H2,1-2H3,(H2,17,18,19);1H. The molecule has 1 aliphatic heterocycles. The summed E-state index contributed by atoms with van der Waals surface area (Å²) in [6.45, 7) is 7.97. The molecule has 0 radical (unpaired) electrons. The van der Waals surface area contributed by atoms with E-state index in [-0.39, 0.29) is 28.7 Å². The summed E-state index contributed by atoms with van der Waals surface area (Å²) in [4.78, 5) is 4.91. The van der Waals surface area contributed by atoms with Gasteiger partial charge in [0, 0.05) is 30.5 Å². The number of aliphatic imine (C=N–C) groups is 1. The van der Waals surface area contributed by atoms with E-state index >= 15 is 0 Å². The van der Waals surface area contributed by atoms with Crippen LogP contribution in [0.25, 0.3) is 0 Å². The third-order valence-electron chi connectivity index (χ3n) is 4.42. The maximum Gasteiger partial charge on any atom is 0.191 e. The summed E-state index contributed by atoms with van der Waals surface area (Å²) in [5, 5.41) is 7.02. The van der Waals surface area contributed by atoms with E-state index in [0.717, 1.165) is 50.9 Å². The molecule has 1 aliphatic carbocycles.